The lowest BCUT2D eigenvalue weighted by molar-refractivity contribution is 0.0693. The standard InChI is InChI=1S/C9H7NO3/c10-5-6-13-8-4-2-1-3-7(8)9(11)12/h1-4H,6H2,(H,11,12). The van der Waals surface area contributed by atoms with E-state index in [9.17, 15) is 4.79 Å². The van der Waals surface area contributed by atoms with E-state index in [4.69, 9.17) is 15.1 Å². The normalized spacial score (nSPS) is 8.85. The highest BCUT2D eigenvalue weighted by Crippen LogP contribution is 2.17. The van der Waals surface area contributed by atoms with Crippen LogP contribution in [-0.2, 0) is 0 Å². The molecule has 1 aromatic carbocycles. The summed E-state index contributed by atoms with van der Waals surface area (Å²) < 4.78 is 4.91. The summed E-state index contributed by atoms with van der Waals surface area (Å²) in [4.78, 5) is 10.6. The van der Waals surface area contributed by atoms with Gasteiger partial charge in [0, 0.05) is 0 Å². The molecule has 0 heterocycles. The highest BCUT2D eigenvalue weighted by atomic mass is 16.5. The molecule has 0 aromatic heterocycles. The van der Waals surface area contributed by atoms with Crippen molar-refractivity contribution in [2.75, 3.05) is 6.61 Å². The molecule has 1 rings (SSSR count). The quantitative estimate of drug-likeness (QED) is 0.755. The number of carboxylic acids is 1. The van der Waals surface area contributed by atoms with E-state index in [1.807, 2.05) is 0 Å². The summed E-state index contributed by atoms with van der Waals surface area (Å²) in [7, 11) is 0. The van der Waals surface area contributed by atoms with Crippen molar-refractivity contribution < 1.29 is 14.6 Å². The zero-order chi connectivity index (χ0) is 9.68. The van der Waals surface area contributed by atoms with Crippen molar-refractivity contribution in [3.05, 3.63) is 29.8 Å². The summed E-state index contributed by atoms with van der Waals surface area (Å²) in [5.74, 6) is -0.843. The SMILES string of the molecule is N#CCOc1ccccc1C(=O)O. The van der Waals surface area contributed by atoms with Crippen LogP contribution in [0.3, 0.4) is 0 Å². The van der Waals surface area contributed by atoms with E-state index in [-0.39, 0.29) is 17.9 Å². The fourth-order valence-electron chi connectivity index (χ4n) is 0.879. The van der Waals surface area contributed by atoms with Gasteiger partial charge >= 0.3 is 5.97 Å². The monoisotopic (exact) mass is 177 g/mol. The molecule has 1 N–H and O–H groups in total. The largest absolute Gasteiger partial charge is 0.478 e. The lowest BCUT2D eigenvalue weighted by Crippen LogP contribution is -2.02. The number of benzene rings is 1. The second-order valence-corrected chi connectivity index (χ2v) is 2.25. The third-order valence-electron chi connectivity index (χ3n) is 1.41. The van der Waals surface area contributed by atoms with E-state index in [0.29, 0.717) is 0 Å². The molecule has 0 amide bonds. The molecule has 0 radical (unpaired) electrons. The lowest BCUT2D eigenvalue weighted by Gasteiger charge is -2.04. The van der Waals surface area contributed by atoms with Crippen LogP contribution in [-0.4, -0.2) is 17.7 Å². The molecule has 4 heteroatoms. The van der Waals surface area contributed by atoms with Gasteiger partial charge in [-0.25, -0.2) is 4.79 Å². The Kier molecular flexibility index (Phi) is 2.87. The summed E-state index contributed by atoms with van der Waals surface area (Å²) in [6, 6.07) is 7.96. The van der Waals surface area contributed by atoms with Gasteiger partial charge < -0.3 is 9.84 Å². The van der Waals surface area contributed by atoms with Gasteiger partial charge in [-0.15, -0.1) is 0 Å². The van der Waals surface area contributed by atoms with Crippen molar-refractivity contribution in [3.63, 3.8) is 0 Å². The summed E-state index contributed by atoms with van der Waals surface area (Å²) >= 11 is 0. The average Bonchev–Trinajstić information content (AvgIpc) is 2.15. The highest BCUT2D eigenvalue weighted by Gasteiger charge is 2.08. The second-order valence-electron chi connectivity index (χ2n) is 2.25. The molecule has 0 saturated carbocycles. The van der Waals surface area contributed by atoms with Gasteiger partial charge in [-0.2, -0.15) is 5.26 Å². The summed E-state index contributed by atoms with van der Waals surface area (Å²) in [6.45, 7) is -0.149. The van der Waals surface area contributed by atoms with Gasteiger partial charge in [0.2, 0.25) is 0 Å². The number of nitrogens with zero attached hydrogens (tertiary/aromatic N) is 1. The van der Waals surface area contributed by atoms with Gasteiger partial charge in [0.25, 0.3) is 0 Å². The number of nitriles is 1. The maximum Gasteiger partial charge on any atom is 0.339 e. The first kappa shape index (κ1) is 9.07. The van der Waals surface area contributed by atoms with Gasteiger partial charge in [-0.05, 0) is 12.1 Å². The minimum atomic E-state index is -1.06. The van der Waals surface area contributed by atoms with Crippen LogP contribution in [0, 0.1) is 11.3 Å². The molecule has 0 bridgehead atoms. The highest BCUT2D eigenvalue weighted by molar-refractivity contribution is 5.90. The molecule has 0 aliphatic carbocycles. The number of hydrogen-bond acceptors (Lipinski definition) is 3. The summed E-state index contributed by atoms with van der Waals surface area (Å²) in [5.41, 5.74) is 0.0674. The molecule has 1 aromatic rings. The van der Waals surface area contributed by atoms with Crippen LogP contribution in [0.5, 0.6) is 5.75 Å². The topological polar surface area (TPSA) is 70.3 Å². The van der Waals surface area contributed by atoms with Gasteiger partial charge in [0.05, 0.1) is 0 Å². The number of carbonyl (C=O) groups is 1. The van der Waals surface area contributed by atoms with Crippen LogP contribution >= 0.6 is 0 Å². The van der Waals surface area contributed by atoms with E-state index in [1.165, 1.54) is 12.1 Å². The molecule has 13 heavy (non-hydrogen) atoms. The summed E-state index contributed by atoms with van der Waals surface area (Å²) in [5, 5.41) is 16.9. The Labute approximate surface area is 75.0 Å². The van der Waals surface area contributed by atoms with Gasteiger partial charge in [-0.1, -0.05) is 12.1 Å². The smallest absolute Gasteiger partial charge is 0.339 e. The van der Waals surface area contributed by atoms with Gasteiger partial charge in [-0.3, -0.25) is 0 Å². The van der Waals surface area contributed by atoms with E-state index >= 15 is 0 Å². The number of rotatable bonds is 3. The van der Waals surface area contributed by atoms with Crippen molar-refractivity contribution in [3.8, 4) is 11.8 Å². The second kappa shape index (κ2) is 4.12. The van der Waals surface area contributed by atoms with E-state index in [1.54, 1.807) is 18.2 Å². The Morgan fingerprint density at radius 3 is 2.85 bits per heavy atom. The first-order valence-electron chi connectivity index (χ1n) is 3.58. The number of hydrogen-bond donors (Lipinski definition) is 1. The number of aromatic carboxylic acids is 1. The first-order valence-corrected chi connectivity index (χ1v) is 3.58. The van der Waals surface area contributed by atoms with E-state index in [2.05, 4.69) is 0 Å². The lowest BCUT2D eigenvalue weighted by atomic mass is 10.2. The molecule has 0 fully saturated rings. The van der Waals surface area contributed by atoms with Crippen molar-refractivity contribution in [2.24, 2.45) is 0 Å². The minimum Gasteiger partial charge on any atom is -0.478 e. The van der Waals surface area contributed by atoms with Crippen LogP contribution in [0.15, 0.2) is 24.3 Å². The average molecular weight is 177 g/mol. The third kappa shape index (κ3) is 2.20. The molecule has 0 aliphatic heterocycles. The zero-order valence-electron chi connectivity index (χ0n) is 6.73. The molecule has 0 spiro atoms. The maximum absolute atomic E-state index is 10.6. The molecule has 0 aliphatic rings. The van der Waals surface area contributed by atoms with Gasteiger partial charge in [0.1, 0.15) is 17.4 Å². The molecule has 0 atom stereocenters. The fourth-order valence-corrected chi connectivity index (χ4v) is 0.879. The van der Waals surface area contributed by atoms with Crippen LogP contribution in [0.25, 0.3) is 0 Å². The number of ether oxygens (including phenoxy) is 1. The Balaban J connectivity index is 2.92. The number of para-hydroxylation sites is 1. The van der Waals surface area contributed by atoms with Crippen molar-refractivity contribution in [2.45, 2.75) is 0 Å². The molecular weight excluding hydrogens is 170 g/mol. The third-order valence-corrected chi connectivity index (χ3v) is 1.41. The maximum atomic E-state index is 10.6. The van der Waals surface area contributed by atoms with Crippen LogP contribution in [0.1, 0.15) is 10.4 Å². The zero-order valence-corrected chi connectivity index (χ0v) is 6.73. The molecule has 0 saturated heterocycles. The molecule has 0 unspecified atom stereocenters. The predicted molar refractivity (Wildman–Crippen MR) is 44.5 cm³/mol. The summed E-state index contributed by atoms with van der Waals surface area (Å²) in [6.07, 6.45) is 0. The number of carboxylic acid groups (broad SMARTS) is 1. The van der Waals surface area contributed by atoms with Crippen molar-refractivity contribution in [1.29, 1.82) is 5.26 Å². The van der Waals surface area contributed by atoms with Crippen molar-refractivity contribution >= 4 is 5.97 Å². The fraction of sp³-hybridized carbons (Fsp3) is 0.111. The van der Waals surface area contributed by atoms with E-state index in [0.717, 1.165) is 0 Å². The Morgan fingerprint density at radius 1 is 1.54 bits per heavy atom. The predicted octanol–water partition coefficient (Wildman–Crippen LogP) is 1.29. The van der Waals surface area contributed by atoms with Crippen LogP contribution < -0.4 is 4.74 Å². The van der Waals surface area contributed by atoms with Gasteiger partial charge in [0.15, 0.2) is 6.61 Å². The Hall–Kier alpha value is -2.02. The van der Waals surface area contributed by atoms with Crippen LogP contribution in [0.2, 0.25) is 0 Å². The first-order chi connectivity index (χ1) is 6.25. The Morgan fingerprint density at radius 2 is 2.23 bits per heavy atom. The van der Waals surface area contributed by atoms with Crippen LogP contribution in [0.4, 0.5) is 0 Å². The molecule has 66 valence electrons. The molecular formula is C9H7NO3. The van der Waals surface area contributed by atoms with E-state index < -0.39 is 5.97 Å². The molecule has 4 nitrogen and oxygen atoms in total. The Bertz CT molecular complexity index is 354. The van der Waals surface area contributed by atoms with Crippen molar-refractivity contribution in [1.82, 2.24) is 0 Å². The minimum absolute atomic E-state index is 0.0674.